The Balaban J connectivity index is 1.16. The number of anilines is 1. The topological polar surface area (TPSA) is 73.9 Å². The van der Waals surface area contributed by atoms with Crippen LogP contribution in [0, 0.1) is 0 Å². The summed E-state index contributed by atoms with van der Waals surface area (Å²) in [6.45, 7) is 1.89. The van der Waals surface area contributed by atoms with Crippen molar-refractivity contribution in [3.05, 3.63) is 83.3 Å². The zero-order chi connectivity index (χ0) is 27.2. The van der Waals surface area contributed by atoms with Gasteiger partial charge in [0.2, 0.25) is 5.91 Å². The van der Waals surface area contributed by atoms with E-state index in [1.807, 2.05) is 53.5 Å². The van der Waals surface area contributed by atoms with Crippen LogP contribution in [0.15, 0.2) is 65.7 Å². The average Bonchev–Trinajstić information content (AvgIpc) is 3.58. The van der Waals surface area contributed by atoms with E-state index < -0.39 is 11.7 Å². The summed E-state index contributed by atoms with van der Waals surface area (Å²) in [6.07, 6.45) is 3.24. The molecule has 0 bridgehead atoms. The van der Waals surface area contributed by atoms with Crippen molar-refractivity contribution in [3.63, 3.8) is 0 Å². The third-order valence-electron chi connectivity index (χ3n) is 6.55. The quantitative estimate of drug-likeness (QED) is 0.222. The molecule has 1 fully saturated rings. The van der Waals surface area contributed by atoms with Crippen LogP contribution in [0.1, 0.15) is 41.8 Å². The van der Waals surface area contributed by atoms with Crippen LogP contribution in [-0.4, -0.2) is 44.8 Å². The van der Waals surface area contributed by atoms with Crippen molar-refractivity contribution in [2.45, 2.75) is 36.9 Å². The van der Waals surface area contributed by atoms with Crippen LogP contribution in [0.2, 0.25) is 0 Å². The van der Waals surface area contributed by atoms with Crippen LogP contribution in [-0.2, 0) is 17.5 Å². The van der Waals surface area contributed by atoms with E-state index >= 15 is 0 Å². The molecule has 1 aliphatic rings. The highest BCUT2D eigenvalue weighted by Crippen LogP contribution is 2.35. The summed E-state index contributed by atoms with van der Waals surface area (Å²) < 4.78 is 41.1. The number of carbonyl (C=O) groups is 1. The lowest BCUT2D eigenvalue weighted by Gasteiger charge is -2.20. The summed E-state index contributed by atoms with van der Waals surface area (Å²) in [5.74, 6) is 0.157. The van der Waals surface area contributed by atoms with Crippen LogP contribution >= 0.6 is 11.8 Å². The number of H-pyrrole nitrogens is 1. The lowest BCUT2D eigenvalue weighted by Crippen LogP contribution is -2.21. The van der Waals surface area contributed by atoms with E-state index in [0.717, 1.165) is 59.2 Å². The number of carbonyl (C=O) groups excluding carboxylic acids is 1. The minimum Gasteiger partial charge on any atom is -0.326 e. The van der Waals surface area contributed by atoms with E-state index in [-0.39, 0.29) is 30.1 Å². The molecule has 2 aromatic carbocycles. The number of alkyl halides is 3. The van der Waals surface area contributed by atoms with Crippen LogP contribution in [0.3, 0.4) is 0 Å². The van der Waals surface area contributed by atoms with Crippen molar-refractivity contribution in [1.82, 2.24) is 20.1 Å². The highest BCUT2D eigenvalue weighted by Gasteiger charge is 2.34. The standard InChI is InChI=1S/C29H28F3N5OS/c30-29(31,32)25-17-22(7-6-20(25)19-37-14-3-4-15-37)34-28(38)12-16-39-23-9-10-24-26(35-36-27(24)18-23)11-8-21-5-1-2-13-33-21/h1-2,5-11,13,17-18H,3-4,12,14-16,19H2,(H,34,38)(H,35,36)/b11-8+. The van der Waals surface area contributed by atoms with Gasteiger partial charge in [0.05, 0.1) is 22.5 Å². The molecule has 5 rings (SSSR count). The SMILES string of the molecule is O=C(CCSc1ccc2c(/C=C/c3ccccn3)n[nH]c2c1)Nc1ccc(CN2CCCC2)c(C(F)(F)F)c1. The van der Waals surface area contributed by atoms with Gasteiger partial charge in [0, 0.05) is 40.9 Å². The molecule has 0 spiro atoms. The summed E-state index contributed by atoms with van der Waals surface area (Å²) in [4.78, 5) is 19.8. The molecule has 0 aliphatic carbocycles. The van der Waals surface area contributed by atoms with E-state index in [2.05, 4.69) is 20.5 Å². The van der Waals surface area contributed by atoms with Gasteiger partial charge in [-0.2, -0.15) is 18.3 Å². The van der Waals surface area contributed by atoms with Crippen molar-refractivity contribution in [1.29, 1.82) is 0 Å². The van der Waals surface area contributed by atoms with Gasteiger partial charge in [0.15, 0.2) is 0 Å². The third kappa shape index (κ3) is 7.07. The van der Waals surface area contributed by atoms with E-state index in [1.165, 1.54) is 17.8 Å². The predicted octanol–water partition coefficient (Wildman–Crippen LogP) is 6.86. The summed E-state index contributed by atoms with van der Waals surface area (Å²) in [5, 5.41) is 11.0. The molecule has 1 amide bonds. The molecule has 4 aromatic rings. The Morgan fingerprint density at radius 1 is 1.08 bits per heavy atom. The van der Waals surface area contributed by atoms with Gasteiger partial charge in [0.25, 0.3) is 0 Å². The number of nitrogens with one attached hydrogen (secondary N) is 2. The van der Waals surface area contributed by atoms with Gasteiger partial charge in [-0.25, -0.2) is 0 Å². The van der Waals surface area contributed by atoms with Crippen LogP contribution in [0.25, 0.3) is 23.1 Å². The molecule has 10 heteroatoms. The number of aromatic nitrogens is 3. The van der Waals surface area contributed by atoms with Gasteiger partial charge in [0.1, 0.15) is 0 Å². The van der Waals surface area contributed by atoms with Crippen LogP contribution in [0.5, 0.6) is 0 Å². The number of hydrogen-bond donors (Lipinski definition) is 2. The van der Waals surface area contributed by atoms with Gasteiger partial charge >= 0.3 is 6.18 Å². The Labute approximate surface area is 228 Å². The predicted molar refractivity (Wildman–Crippen MR) is 149 cm³/mol. The number of pyridine rings is 1. The largest absolute Gasteiger partial charge is 0.416 e. The first-order chi connectivity index (χ1) is 18.8. The molecule has 1 saturated heterocycles. The Morgan fingerprint density at radius 3 is 2.69 bits per heavy atom. The van der Waals surface area contributed by atoms with Gasteiger partial charge in [-0.1, -0.05) is 12.1 Å². The monoisotopic (exact) mass is 551 g/mol. The fourth-order valence-electron chi connectivity index (χ4n) is 4.60. The number of aromatic amines is 1. The first-order valence-corrected chi connectivity index (χ1v) is 13.8. The molecule has 2 N–H and O–H groups in total. The van der Waals surface area contributed by atoms with E-state index in [0.29, 0.717) is 5.75 Å². The molecule has 0 atom stereocenters. The lowest BCUT2D eigenvalue weighted by atomic mass is 10.1. The van der Waals surface area contributed by atoms with Crippen LogP contribution < -0.4 is 5.32 Å². The second-order valence-electron chi connectivity index (χ2n) is 9.40. The molecule has 0 radical (unpaired) electrons. The zero-order valence-electron chi connectivity index (χ0n) is 21.2. The Morgan fingerprint density at radius 2 is 1.92 bits per heavy atom. The number of fused-ring (bicyclic) bond motifs is 1. The fraction of sp³-hybridized carbons (Fsp3) is 0.276. The first-order valence-electron chi connectivity index (χ1n) is 12.8. The van der Waals surface area contributed by atoms with E-state index in [9.17, 15) is 18.0 Å². The molecular weight excluding hydrogens is 523 g/mol. The number of likely N-dealkylation sites (tertiary alicyclic amines) is 1. The average molecular weight is 552 g/mol. The maximum Gasteiger partial charge on any atom is 0.416 e. The molecular formula is C29H28F3N5OS. The number of hydrogen-bond acceptors (Lipinski definition) is 5. The summed E-state index contributed by atoms with van der Waals surface area (Å²) in [7, 11) is 0. The van der Waals surface area contributed by atoms with Gasteiger partial charge < -0.3 is 5.32 Å². The Kier molecular flexibility index (Phi) is 8.33. The smallest absolute Gasteiger partial charge is 0.326 e. The second kappa shape index (κ2) is 12.0. The van der Waals surface area contributed by atoms with Gasteiger partial charge in [-0.3, -0.25) is 19.8 Å². The minimum atomic E-state index is -4.48. The maximum atomic E-state index is 13.7. The van der Waals surface area contributed by atoms with Crippen molar-refractivity contribution in [2.75, 3.05) is 24.2 Å². The number of benzene rings is 2. The molecule has 39 heavy (non-hydrogen) atoms. The Hall–Kier alpha value is -3.63. The third-order valence-corrected chi connectivity index (χ3v) is 7.55. The molecule has 202 valence electrons. The number of nitrogens with zero attached hydrogens (tertiary/aromatic N) is 3. The maximum absolute atomic E-state index is 13.7. The molecule has 1 aliphatic heterocycles. The second-order valence-corrected chi connectivity index (χ2v) is 10.6. The Bertz CT molecular complexity index is 1460. The van der Waals surface area contributed by atoms with E-state index in [4.69, 9.17) is 0 Å². The first kappa shape index (κ1) is 27.0. The molecule has 6 nitrogen and oxygen atoms in total. The number of thioether (sulfide) groups is 1. The van der Waals surface area contributed by atoms with Crippen LogP contribution in [0.4, 0.5) is 18.9 Å². The van der Waals surface area contributed by atoms with Crippen molar-refractivity contribution >= 4 is 46.4 Å². The fourth-order valence-corrected chi connectivity index (χ4v) is 5.49. The number of amides is 1. The highest BCUT2D eigenvalue weighted by atomic mass is 32.2. The number of halogens is 3. The highest BCUT2D eigenvalue weighted by molar-refractivity contribution is 7.99. The summed E-state index contributed by atoms with van der Waals surface area (Å²) in [6, 6.07) is 15.7. The lowest BCUT2D eigenvalue weighted by molar-refractivity contribution is -0.138. The molecule has 3 heterocycles. The van der Waals surface area contributed by atoms with Gasteiger partial charge in [-0.15, -0.1) is 11.8 Å². The normalized spacial score (nSPS) is 14.4. The van der Waals surface area contributed by atoms with Crippen molar-refractivity contribution in [2.24, 2.45) is 0 Å². The summed E-state index contributed by atoms with van der Waals surface area (Å²) >= 11 is 1.50. The zero-order valence-corrected chi connectivity index (χ0v) is 22.0. The molecule has 2 aromatic heterocycles. The minimum absolute atomic E-state index is 0.160. The van der Waals surface area contributed by atoms with E-state index in [1.54, 1.807) is 12.3 Å². The molecule has 0 unspecified atom stereocenters. The summed E-state index contributed by atoms with van der Waals surface area (Å²) in [5.41, 5.74) is 2.22. The van der Waals surface area contributed by atoms with Gasteiger partial charge in [-0.05, 0) is 86.1 Å². The van der Waals surface area contributed by atoms with Crippen molar-refractivity contribution < 1.29 is 18.0 Å². The molecule has 0 saturated carbocycles. The van der Waals surface area contributed by atoms with Crippen molar-refractivity contribution in [3.8, 4) is 0 Å². The number of rotatable bonds is 9.